The number of benzene rings is 2. The zero-order valence-corrected chi connectivity index (χ0v) is 15.9. The van der Waals surface area contributed by atoms with Gasteiger partial charge in [-0.15, -0.1) is 11.3 Å². The number of anilines is 1. The molecule has 1 amide bonds. The number of nitro benzene ring substituents is 1. The summed E-state index contributed by atoms with van der Waals surface area (Å²) in [5.74, 6) is -0.358. The minimum atomic E-state index is -0.478. The number of nitro groups is 1. The molecule has 0 spiro atoms. The van der Waals surface area contributed by atoms with Crippen molar-refractivity contribution in [3.05, 3.63) is 79.6 Å². The normalized spacial score (nSPS) is 10.9. The van der Waals surface area contributed by atoms with Gasteiger partial charge in [-0.1, -0.05) is 29.3 Å². The van der Waals surface area contributed by atoms with Gasteiger partial charge in [0.05, 0.1) is 20.7 Å². The van der Waals surface area contributed by atoms with E-state index in [4.69, 9.17) is 23.2 Å². The Kier molecular flexibility index (Phi) is 5.85. The Bertz CT molecular complexity index is 1030. The van der Waals surface area contributed by atoms with E-state index < -0.39 is 4.92 Å². The summed E-state index contributed by atoms with van der Waals surface area (Å²) in [7, 11) is 0. The van der Waals surface area contributed by atoms with Gasteiger partial charge in [0, 0.05) is 29.2 Å². The highest BCUT2D eigenvalue weighted by atomic mass is 35.5. The van der Waals surface area contributed by atoms with Crippen molar-refractivity contribution < 1.29 is 9.72 Å². The fourth-order valence-electron chi connectivity index (χ4n) is 2.15. The van der Waals surface area contributed by atoms with E-state index in [0.29, 0.717) is 26.4 Å². The number of carbonyl (C=O) groups is 1. The number of thiazole rings is 1. The summed E-state index contributed by atoms with van der Waals surface area (Å²) < 4.78 is 0. The lowest BCUT2D eigenvalue weighted by Gasteiger charge is -2.00. The van der Waals surface area contributed by atoms with Crippen LogP contribution in [0, 0.1) is 10.1 Å². The van der Waals surface area contributed by atoms with Crippen LogP contribution in [0.2, 0.25) is 10.0 Å². The van der Waals surface area contributed by atoms with Gasteiger partial charge < -0.3 is 0 Å². The first-order valence-electron chi connectivity index (χ1n) is 7.57. The maximum Gasteiger partial charge on any atom is 0.269 e. The zero-order valence-electron chi connectivity index (χ0n) is 13.6. The highest BCUT2D eigenvalue weighted by Crippen LogP contribution is 2.30. The molecule has 0 unspecified atom stereocenters. The molecular formula is C18H11Cl2N3O3S. The fourth-order valence-corrected chi connectivity index (χ4v) is 3.17. The number of halogens is 2. The van der Waals surface area contributed by atoms with Crippen molar-refractivity contribution in [1.29, 1.82) is 0 Å². The summed E-state index contributed by atoms with van der Waals surface area (Å²) in [6, 6.07) is 11.1. The molecule has 9 heteroatoms. The van der Waals surface area contributed by atoms with Crippen molar-refractivity contribution in [1.82, 2.24) is 4.98 Å². The van der Waals surface area contributed by atoms with Gasteiger partial charge >= 0.3 is 0 Å². The summed E-state index contributed by atoms with van der Waals surface area (Å²) in [5.41, 5.74) is 2.14. The standard InChI is InChI=1S/C18H11Cl2N3O3S/c19-14-7-4-12(9-15(14)20)16-10-27-18(21-16)22-17(24)8-3-11-1-5-13(6-2-11)23(25)26/h1-10H,(H,21,22,24). The Morgan fingerprint density at radius 3 is 2.56 bits per heavy atom. The van der Waals surface area contributed by atoms with Crippen LogP contribution in [0.4, 0.5) is 10.8 Å². The lowest BCUT2D eigenvalue weighted by molar-refractivity contribution is -0.384. The number of aromatic nitrogens is 1. The van der Waals surface area contributed by atoms with E-state index in [1.165, 1.54) is 29.5 Å². The van der Waals surface area contributed by atoms with Gasteiger partial charge in [0.15, 0.2) is 5.13 Å². The van der Waals surface area contributed by atoms with E-state index in [9.17, 15) is 14.9 Å². The summed E-state index contributed by atoms with van der Waals surface area (Å²) in [6.45, 7) is 0. The molecule has 0 bridgehead atoms. The molecule has 0 aliphatic rings. The maximum atomic E-state index is 12.0. The lowest BCUT2D eigenvalue weighted by atomic mass is 10.2. The van der Waals surface area contributed by atoms with Crippen LogP contribution in [0.3, 0.4) is 0 Å². The van der Waals surface area contributed by atoms with Crippen LogP contribution >= 0.6 is 34.5 Å². The number of nitrogens with one attached hydrogen (secondary N) is 1. The highest BCUT2D eigenvalue weighted by molar-refractivity contribution is 7.14. The quantitative estimate of drug-likeness (QED) is 0.327. The molecule has 0 fully saturated rings. The minimum Gasteiger partial charge on any atom is -0.298 e. The second-order valence-electron chi connectivity index (χ2n) is 5.34. The average Bonchev–Trinajstić information content (AvgIpc) is 3.11. The zero-order chi connectivity index (χ0) is 19.4. The van der Waals surface area contributed by atoms with Crippen molar-refractivity contribution in [2.24, 2.45) is 0 Å². The van der Waals surface area contributed by atoms with Gasteiger partial charge in [0.2, 0.25) is 5.91 Å². The first-order chi connectivity index (χ1) is 12.9. The van der Waals surface area contributed by atoms with Gasteiger partial charge in [-0.2, -0.15) is 0 Å². The van der Waals surface area contributed by atoms with Crippen molar-refractivity contribution >= 4 is 57.3 Å². The Labute approximate surface area is 168 Å². The molecule has 0 radical (unpaired) electrons. The van der Waals surface area contributed by atoms with E-state index in [1.54, 1.807) is 41.8 Å². The monoisotopic (exact) mass is 419 g/mol. The molecule has 3 aromatic rings. The summed E-state index contributed by atoms with van der Waals surface area (Å²) in [6.07, 6.45) is 2.90. The van der Waals surface area contributed by atoms with Crippen LogP contribution in [-0.2, 0) is 4.79 Å². The number of non-ortho nitro benzene ring substituents is 1. The minimum absolute atomic E-state index is 0.00535. The van der Waals surface area contributed by atoms with Crippen LogP contribution in [0.1, 0.15) is 5.56 Å². The molecule has 3 rings (SSSR count). The van der Waals surface area contributed by atoms with Crippen LogP contribution in [-0.4, -0.2) is 15.8 Å². The average molecular weight is 420 g/mol. The van der Waals surface area contributed by atoms with Gasteiger partial charge in [-0.25, -0.2) is 4.98 Å². The molecule has 136 valence electrons. The van der Waals surface area contributed by atoms with Crippen molar-refractivity contribution in [3.63, 3.8) is 0 Å². The molecule has 6 nitrogen and oxygen atoms in total. The molecule has 0 saturated carbocycles. The number of amides is 1. The first kappa shape index (κ1) is 19.0. The molecule has 0 aliphatic carbocycles. The number of rotatable bonds is 5. The Morgan fingerprint density at radius 1 is 1.15 bits per heavy atom. The van der Waals surface area contributed by atoms with E-state index in [0.717, 1.165) is 5.56 Å². The fraction of sp³-hybridized carbons (Fsp3) is 0. The molecule has 0 atom stereocenters. The SMILES string of the molecule is O=C(C=Cc1ccc([N+](=O)[O-])cc1)Nc1nc(-c2ccc(Cl)c(Cl)c2)cs1. The number of carbonyl (C=O) groups excluding carboxylic acids is 1. The van der Waals surface area contributed by atoms with Crippen LogP contribution in [0.5, 0.6) is 0 Å². The third-order valence-corrected chi connectivity index (χ3v) is 4.98. The molecule has 1 N–H and O–H groups in total. The van der Waals surface area contributed by atoms with Gasteiger partial charge in [0.25, 0.3) is 5.69 Å². The van der Waals surface area contributed by atoms with Crippen LogP contribution in [0.15, 0.2) is 53.9 Å². The third kappa shape index (κ3) is 4.91. The van der Waals surface area contributed by atoms with Crippen molar-refractivity contribution in [2.45, 2.75) is 0 Å². The largest absolute Gasteiger partial charge is 0.298 e. The third-order valence-electron chi connectivity index (χ3n) is 3.48. The molecule has 27 heavy (non-hydrogen) atoms. The lowest BCUT2D eigenvalue weighted by Crippen LogP contribution is -2.07. The van der Waals surface area contributed by atoms with E-state index in [-0.39, 0.29) is 11.6 Å². The van der Waals surface area contributed by atoms with E-state index in [2.05, 4.69) is 10.3 Å². The highest BCUT2D eigenvalue weighted by Gasteiger charge is 2.08. The Hall–Kier alpha value is -2.74. The smallest absolute Gasteiger partial charge is 0.269 e. The van der Waals surface area contributed by atoms with Gasteiger partial charge in [-0.3, -0.25) is 20.2 Å². The molecule has 1 aromatic heterocycles. The number of hydrogen-bond donors (Lipinski definition) is 1. The number of hydrogen-bond acceptors (Lipinski definition) is 5. The molecular weight excluding hydrogens is 409 g/mol. The van der Waals surface area contributed by atoms with E-state index in [1.807, 2.05) is 0 Å². The van der Waals surface area contributed by atoms with Crippen molar-refractivity contribution in [2.75, 3.05) is 5.32 Å². The predicted molar refractivity (Wildman–Crippen MR) is 108 cm³/mol. The molecule has 1 heterocycles. The summed E-state index contributed by atoms with van der Waals surface area (Å²) in [5, 5.41) is 16.4. The second kappa shape index (κ2) is 8.30. The topological polar surface area (TPSA) is 85.1 Å². The van der Waals surface area contributed by atoms with Crippen LogP contribution < -0.4 is 5.32 Å². The molecule has 0 saturated heterocycles. The van der Waals surface area contributed by atoms with Crippen LogP contribution in [0.25, 0.3) is 17.3 Å². The van der Waals surface area contributed by atoms with Gasteiger partial charge in [0.1, 0.15) is 0 Å². The Morgan fingerprint density at radius 2 is 1.89 bits per heavy atom. The van der Waals surface area contributed by atoms with E-state index >= 15 is 0 Å². The summed E-state index contributed by atoms with van der Waals surface area (Å²) in [4.78, 5) is 26.5. The summed E-state index contributed by atoms with van der Waals surface area (Å²) >= 11 is 13.2. The first-order valence-corrected chi connectivity index (χ1v) is 9.20. The predicted octanol–water partition coefficient (Wildman–Crippen LogP) is 5.68. The van der Waals surface area contributed by atoms with Gasteiger partial charge in [-0.05, 0) is 35.9 Å². The molecule has 0 aliphatic heterocycles. The number of nitrogens with zero attached hydrogens (tertiary/aromatic N) is 2. The Balaban J connectivity index is 1.65. The van der Waals surface area contributed by atoms with Crippen molar-refractivity contribution in [3.8, 4) is 11.3 Å². The second-order valence-corrected chi connectivity index (χ2v) is 7.01. The maximum absolute atomic E-state index is 12.0. The molecule has 2 aromatic carbocycles.